The number of benzene rings is 1. The molecule has 2 rings (SSSR count). The summed E-state index contributed by atoms with van der Waals surface area (Å²) in [6.45, 7) is 3.10. The quantitative estimate of drug-likeness (QED) is 0.213. The van der Waals surface area contributed by atoms with Gasteiger partial charge in [-0.25, -0.2) is 5.84 Å². The zero-order valence-electron chi connectivity index (χ0n) is 15.6. The molecule has 0 bridgehead atoms. The van der Waals surface area contributed by atoms with Crippen LogP contribution in [0, 0.1) is 17.0 Å². The zero-order valence-corrected chi connectivity index (χ0v) is 15.6. The van der Waals surface area contributed by atoms with E-state index in [-0.39, 0.29) is 42.7 Å². The van der Waals surface area contributed by atoms with Crippen LogP contribution >= 0.6 is 0 Å². The number of hydrogen-bond donors (Lipinski definition) is 2. The van der Waals surface area contributed by atoms with Gasteiger partial charge in [0.25, 0.3) is 0 Å². The van der Waals surface area contributed by atoms with Gasteiger partial charge in [0.15, 0.2) is 5.75 Å². The van der Waals surface area contributed by atoms with E-state index in [4.69, 9.17) is 10.6 Å². The largest absolute Gasteiger partial charge is 0.486 e. The van der Waals surface area contributed by atoms with Crippen LogP contribution in [0.25, 0.3) is 0 Å². The van der Waals surface area contributed by atoms with Crippen molar-refractivity contribution in [2.75, 3.05) is 32.8 Å². The minimum atomic E-state index is -0.564. The summed E-state index contributed by atoms with van der Waals surface area (Å²) in [6, 6.07) is 4.63. The Labute approximate surface area is 161 Å². The van der Waals surface area contributed by atoms with Crippen molar-refractivity contribution in [3.63, 3.8) is 0 Å². The van der Waals surface area contributed by atoms with Gasteiger partial charge < -0.3 is 14.5 Å². The average Bonchev–Trinajstić information content (AvgIpc) is 2.68. The molecule has 28 heavy (non-hydrogen) atoms. The van der Waals surface area contributed by atoms with E-state index in [1.165, 1.54) is 17.0 Å². The molecule has 0 saturated carbocycles. The third-order valence-corrected chi connectivity index (χ3v) is 4.34. The van der Waals surface area contributed by atoms with Crippen LogP contribution in [-0.4, -0.2) is 65.2 Å². The van der Waals surface area contributed by atoms with E-state index >= 15 is 0 Å². The lowest BCUT2D eigenvalue weighted by Crippen LogP contribution is -2.51. The van der Waals surface area contributed by atoms with Crippen LogP contribution in [0.5, 0.6) is 5.75 Å². The number of hydrazine groups is 1. The molecule has 1 aliphatic heterocycles. The van der Waals surface area contributed by atoms with Crippen LogP contribution in [0.4, 0.5) is 5.69 Å². The summed E-state index contributed by atoms with van der Waals surface area (Å²) in [7, 11) is 0. The monoisotopic (exact) mass is 393 g/mol. The first kappa shape index (κ1) is 21.1. The van der Waals surface area contributed by atoms with Gasteiger partial charge in [-0.2, -0.15) is 0 Å². The second kappa shape index (κ2) is 9.65. The molecule has 11 nitrogen and oxygen atoms in total. The predicted molar refractivity (Wildman–Crippen MR) is 98.1 cm³/mol. The summed E-state index contributed by atoms with van der Waals surface area (Å²) in [5.41, 5.74) is 2.51. The maximum Gasteiger partial charge on any atom is 0.311 e. The van der Waals surface area contributed by atoms with Gasteiger partial charge in [0.05, 0.1) is 18.0 Å². The molecule has 1 heterocycles. The maximum atomic E-state index is 12.3. The fourth-order valence-corrected chi connectivity index (χ4v) is 2.80. The number of carbonyl (C=O) groups is 3. The van der Waals surface area contributed by atoms with E-state index in [1.54, 1.807) is 17.9 Å². The number of amides is 3. The van der Waals surface area contributed by atoms with Crippen molar-refractivity contribution in [3.8, 4) is 5.75 Å². The number of nitrogens with zero attached hydrogens (tertiary/aromatic N) is 3. The van der Waals surface area contributed by atoms with Gasteiger partial charge in [-0.05, 0) is 18.6 Å². The summed E-state index contributed by atoms with van der Waals surface area (Å²) < 4.78 is 5.42. The first-order valence-electron chi connectivity index (χ1n) is 8.74. The number of piperazine rings is 1. The van der Waals surface area contributed by atoms with E-state index in [0.717, 1.165) is 5.56 Å². The van der Waals surface area contributed by atoms with Crippen molar-refractivity contribution in [2.45, 2.75) is 19.8 Å². The number of carbonyl (C=O) groups excluding carboxylic acids is 3. The zero-order chi connectivity index (χ0) is 20.7. The first-order valence-corrected chi connectivity index (χ1v) is 8.74. The molecule has 0 atom stereocenters. The highest BCUT2D eigenvalue weighted by molar-refractivity contribution is 5.96. The smallest absolute Gasteiger partial charge is 0.311 e. The van der Waals surface area contributed by atoms with E-state index < -0.39 is 10.8 Å². The van der Waals surface area contributed by atoms with Gasteiger partial charge in [-0.15, -0.1) is 0 Å². The summed E-state index contributed by atoms with van der Waals surface area (Å²) in [5, 5.41) is 11.1. The van der Waals surface area contributed by atoms with Crippen molar-refractivity contribution >= 4 is 23.4 Å². The molecule has 0 aliphatic carbocycles. The lowest BCUT2D eigenvalue weighted by Gasteiger charge is -2.34. The minimum absolute atomic E-state index is 0.0125. The highest BCUT2D eigenvalue weighted by Gasteiger charge is 2.25. The van der Waals surface area contributed by atoms with E-state index in [9.17, 15) is 24.5 Å². The number of aryl methyl sites for hydroxylation is 1. The van der Waals surface area contributed by atoms with Crippen molar-refractivity contribution in [3.05, 3.63) is 33.9 Å². The van der Waals surface area contributed by atoms with Crippen LogP contribution in [0.15, 0.2) is 18.2 Å². The van der Waals surface area contributed by atoms with E-state index in [2.05, 4.69) is 0 Å². The molecule has 0 unspecified atom stereocenters. The van der Waals surface area contributed by atoms with Gasteiger partial charge in [0, 0.05) is 32.2 Å². The molecular formula is C17H23N5O6. The molecule has 0 radical (unpaired) electrons. The minimum Gasteiger partial charge on any atom is -0.486 e. The van der Waals surface area contributed by atoms with Gasteiger partial charge in [0.2, 0.25) is 17.7 Å². The molecular weight excluding hydrogens is 370 g/mol. The molecule has 3 amide bonds. The fourth-order valence-electron chi connectivity index (χ4n) is 2.80. The number of rotatable bonds is 7. The average molecular weight is 393 g/mol. The second-order valence-corrected chi connectivity index (χ2v) is 6.33. The van der Waals surface area contributed by atoms with Crippen molar-refractivity contribution in [1.29, 1.82) is 0 Å². The van der Waals surface area contributed by atoms with Gasteiger partial charge in [0.1, 0.15) is 6.42 Å². The highest BCUT2D eigenvalue weighted by atomic mass is 16.6. The third kappa shape index (κ3) is 5.64. The van der Waals surface area contributed by atoms with Crippen LogP contribution < -0.4 is 16.0 Å². The Morgan fingerprint density at radius 2 is 1.79 bits per heavy atom. The molecule has 152 valence electrons. The lowest BCUT2D eigenvalue weighted by atomic mass is 10.2. The Balaban J connectivity index is 1.79. The normalized spacial score (nSPS) is 13.8. The lowest BCUT2D eigenvalue weighted by molar-refractivity contribution is -0.385. The molecule has 1 saturated heterocycles. The summed E-state index contributed by atoms with van der Waals surface area (Å²) in [4.78, 5) is 49.0. The molecule has 3 N–H and O–H groups in total. The van der Waals surface area contributed by atoms with Gasteiger partial charge >= 0.3 is 5.69 Å². The number of nitro benzene ring substituents is 1. The van der Waals surface area contributed by atoms with Crippen LogP contribution in [0.3, 0.4) is 0 Å². The number of nitrogens with one attached hydrogen (secondary N) is 1. The Bertz CT molecular complexity index is 760. The van der Waals surface area contributed by atoms with Crippen molar-refractivity contribution in [2.24, 2.45) is 5.84 Å². The Kier molecular flexibility index (Phi) is 7.27. The van der Waals surface area contributed by atoms with E-state index in [1.807, 2.05) is 5.43 Å². The SMILES string of the molecule is Cc1ccc(OCCC(=O)N2CCN(C(=O)CC(=O)NN)CC2)c([N+](=O)[O-])c1. The number of nitrogens with two attached hydrogens (primary N) is 1. The van der Waals surface area contributed by atoms with Gasteiger partial charge in [-0.3, -0.25) is 29.9 Å². The summed E-state index contributed by atoms with van der Waals surface area (Å²) >= 11 is 0. The molecule has 1 aromatic carbocycles. The summed E-state index contributed by atoms with van der Waals surface area (Å²) in [5.74, 6) is 4.01. The topological polar surface area (TPSA) is 148 Å². The number of hydrogen-bond acceptors (Lipinski definition) is 7. The highest BCUT2D eigenvalue weighted by Crippen LogP contribution is 2.27. The predicted octanol–water partition coefficient (Wildman–Crippen LogP) is -0.277. The van der Waals surface area contributed by atoms with Crippen LogP contribution in [-0.2, 0) is 14.4 Å². The third-order valence-electron chi connectivity index (χ3n) is 4.34. The molecule has 0 spiro atoms. The van der Waals surface area contributed by atoms with Crippen molar-refractivity contribution < 1.29 is 24.0 Å². The molecule has 11 heteroatoms. The molecule has 0 aromatic heterocycles. The first-order chi connectivity index (χ1) is 13.3. The Morgan fingerprint density at radius 3 is 2.36 bits per heavy atom. The number of ether oxygens (including phenoxy) is 1. The Hall–Kier alpha value is -3.21. The van der Waals surface area contributed by atoms with Crippen LogP contribution in [0.1, 0.15) is 18.4 Å². The standard InChI is InChI=1S/C17H23N5O6/c1-12-2-3-14(13(10-12)22(26)27)28-9-4-16(24)20-5-7-21(8-6-20)17(25)11-15(23)19-18/h2-3,10H,4-9,11,18H2,1H3,(H,19,23). The number of nitro groups is 1. The van der Waals surface area contributed by atoms with Crippen molar-refractivity contribution in [1.82, 2.24) is 15.2 Å². The molecule has 1 fully saturated rings. The Morgan fingerprint density at radius 1 is 1.18 bits per heavy atom. The second-order valence-electron chi connectivity index (χ2n) is 6.33. The summed E-state index contributed by atoms with van der Waals surface area (Å²) in [6.07, 6.45) is -0.262. The molecule has 1 aromatic rings. The van der Waals surface area contributed by atoms with Crippen LogP contribution in [0.2, 0.25) is 0 Å². The molecule has 1 aliphatic rings. The fraction of sp³-hybridized carbons (Fsp3) is 0.471. The maximum absolute atomic E-state index is 12.3. The van der Waals surface area contributed by atoms with E-state index in [0.29, 0.717) is 26.2 Å². The van der Waals surface area contributed by atoms with Gasteiger partial charge in [-0.1, -0.05) is 6.07 Å².